The van der Waals surface area contributed by atoms with Gasteiger partial charge in [-0.25, -0.2) is 0 Å². The molecule has 0 saturated heterocycles. The van der Waals surface area contributed by atoms with Crippen molar-refractivity contribution in [1.29, 1.82) is 0 Å². The zero-order chi connectivity index (χ0) is 36.9. The number of rotatable bonds is 4. The maximum Gasteiger partial charge on any atom is 0.137 e. The van der Waals surface area contributed by atoms with Gasteiger partial charge in [-0.05, 0) is 97.5 Å². The minimum Gasteiger partial charge on any atom is -0.456 e. The van der Waals surface area contributed by atoms with Crippen LogP contribution in [0.25, 0.3) is 99.2 Å². The maximum atomic E-state index is 7.03. The van der Waals surface area contributed by atoms with Crippen LogP contribution in [-0.2, 0) is 0 Å². The van der Waals surface area contributed by atoms with Crippen molar-refractivity contribution in [3.05, 3.63) is 168 Å². The molecule has 6 aromatic carbocycles. The van der Waals surface area contributed by atoms with Crippen molar-refractivity contribution >= 4 is 65.6 Å². The van der Waals surface area contributed by atoms with Crippen LogP contribution >= 0.6 is 0 Å². The third-order valence-electron chi connectivity index (χ3n) is 11.6. The average Bonchev–Trinajstić information content (AvgIpc) is 3.87. The van der Waals surface area contributed by atoms with Crippen LogP contribution < -0.4 is 0 Å². The van der Waals surface area contributed by atoms with Gasteiger partial charge in [-0.1, -0.05) is 72.8 Å². The first-order valence-corrected chi connectivity index (χ1v) is 18.8. The van der Waals surface area contributed by atoms with E-state index in [-0.39, 0.29) is 0 Å². The van der Waals surface area contributed by atoms with Crippen LogP contribution in [0.15, 0.2) is 151 Å². The van der Waals surface area contributed by atoms with Crippen LogP contribution in [0.5, 0.6) is 0 Å². The summed E-state index contributed by atoms with van der Waals surface area (Å²) in [6, 6.07) is 44.0. The molecule has 5 nitrogen and oxygen atoms in total. The number of fused-ring (bicyclic) bond motifs is 9. The lowest BCUT2D eigenvalue weighted by atomic mass is 9.98. The lowest BCUT2D eigenvalue weighted by molar-refractivity contribution is 0.668. The highest BCUT2D eigenvalue weighted by Crippen LogP contribution is 2.45. The second kappa shape index (κ2) is 11.8. The van der Waals surface area contributed by atoms with Crippen molar-refractivity contribution in [2.45, 2.75) is 27.7 Å². The standard InChI is InChI=1S/C50H36N4O/c1-29-9-5-13-35-36-14-6-10-30(2)48(36)53(47(29)35)43-27-45-41(25-39(43)33-17-21-51-22-18-33)42-26-40(34-19-23-52-24-20-34)44(28-46(42)55-45)54-49-31(3)11-7-15-37(49)38-16-8-12-32(4)50(38)54/h5-28H,1-4H3. The van der Waals surface area contributed by atoms with Gasteiger partial charge in [0, 0.05) is 80.4 Å². The number of hydrogen-bond acceptors (Lipinski definition) is 3. The van der Waals surface area contributed by atoms with Gasteiger partial charge in [0.1, 0.15) is 11.2 Å². The largest absolute Gasteiger partial charge is 0.456 e. The van der Waals surface area contributed by atoms with Crippen LogP contribution in [0.1, 0.15) is 22.3 Å². The fourth-order valence-corrected chi connectivity index (χ4v) is 9.14. The van der Waals surface area contributed by atoms with Crippen molar-refractivity contribution in [1.82, 2.24) is 19.1 Å². The first-order chi connectivity index (χ1) is 27.0. The predicted molar refractivity (Wildman–Crippen MR) is 228 cm³/mol. The summed E-state index contributed by atoms with van der Waals surface area (Å²) in [5.41, 5.74) is 18.0. The first kappa shape index (κ1) is 31.5. The zero-order valence-corrected chi connectivity index (χ0v) is 31.1. The lowest BCUT2D eigenvalue weighted by Gasteiger charge is -2.17. The molecule has 0 bridgehead atoms. The van der Waals surface area contributed by atoms with Crippen molar-refractivity contribution in [3.63, 3.8) is 0 Å². The summed E-state index contributed by atoms with van der Waals surface area (Å²) in [6.45, 7) is 8.83. The third kappa shape index (κ3) is 4.53. The van der Waals surface area contributed by atoms with Crippen LogP contribution in [-0.4, -0.2) is 19.1 Å². The molecule has 0 aliphatic carbocycles. The molecule has 11 aromatic rings. The number of nitrogens with zero attached hydrogens (tertiary/aromatic N) is 4. The summed E-state index contributed by atoms with van der Waals surface area (Å²) in [5, 5.41) is 7.10. The number of pyridine rings is 2. The van der Waals surface area contributed by atoms with E-state index in [0.29, 0.717) is 0 Å². The average molecular weight is 709 g/mol. The Hall–Kier alpha value is -6.98. The topological polar surface area (TPSA) is 48.8 Å². The molecule has 0 aliphatic rings. The second-order valence-corrected chi connectivity index (χ2v) is 14.9. The number of para-hydroxylation sites is 4. The molecule has 0 aliphatic heterocycles. The number of hydrogen-bond donors (Lipinski definition) is 0. The minimum absolute atomic E-state index is 0.840. The van der Waals surface area contributed by atoms with E-state index in [2.05, 4.69) is 168 Å². The van der Waals surface area contributed by atoms with E-state index in [1.54, 1.807) is 0 Å². The number of benzene rings is 6. The molecule has 0 radical (unpaired) electrons. The Kier molecular flexibility index (Phi) is 6.74. The van der Waals surface area contributed by atoms with E-state index in [9.17, 15) is 0 Å². The molecule has 0 N–H and O–H groups in total. The van der Waals surface area contributed by atoms with E-state index in [1.807, 2.05) is 24.8 Å². The van der Waals surface area contributed by atoms with Gasteiger partial charge in [0.25, 0.3) is 0 Å². The van der Waals surface area contributed by atoms with E-state index in [0.717, 1.165) is 55.6 Å². The Balaban J connectivity index is 1.28. The van der Waals surface area contributed by atoms with E-state index >= 15 is 0 Å². The van der Waals surface area contributed by atoms with Crippen LogP contribution in [0.2, 0.25) is 0 Å². The summed E-state index contributed by atoms with van der Waals surface area (Å²) >= 11 is 0. The minimum atomic E-state index is 0.840. The SMILES string of the molecule is Cc1cccc2c3cccc(C)c3n(-c3cc4oc5cc(-n6c7c(C)cccc7c7cccc(C)c76)c(-c6ccncc6)cc5c4cc3-c3ccncc3)c12. The highest BCUT2D eigenvalue weighted by Gasteiger charge is 2.24. The highest BCUT2D eigenvalue weighted by atomic mass is 16.3. The summed E-state index contributed by atoms with van der Waals surface area (Å²) in [4.78, 5) is 8.79. The quantitative estimate of drug-likeness (QED) is 0.183. The Morgan fingerprint density at radius 2 is 0.709 bits per heavy atom. The summed E-state index contributed by atoms with van der Waals surface area (Å²) in [5.74, 6) is 0. The Labute approximate surface area is 317 Å². The molecule has 0 saturated carbocycles. The second-order valence-electron chi connectivity index (χ2n) is 14.9. The molecule has 0 amide bonds. The Bertz CT molecular complexity index is 3010. The molecule has 5 heterocycles. The van der Waals surface area contributed by atoms with Crippen LogP contribution in [0, 0.1) is 27.7 Å². The lowest BCUT2D eigenvalue weighted by Crippen LogP contribution is -2.00. The molecule has 5 aromatic heterocycles. The van der Waals surface area contributed by atoms with Gasteiger partial charge >= 0.3 is 0 Å². The molecule has 55 heavy (non-hydrogen) atoms. The first-order valence-electron chi connectivity index (χ1n) is 18.8. The predicted octanol–water partition coefficient (Wildman–Crippen LogP) is 13.1. The third-order valence-corrected chi connectivity index (χ3v) is 11.6. The maximum absolute atomic E-state index is 7.03. The van der Waals surface area contributed by atoms with Gasteiger partial charge in [-0.3, -0.25) is 9.97 Å². The summed E-state index contributed by atoms with van der Waals surface area (Å²) < 4.78 is 11.9. The highest BCUT2D eigenvalue weighted by molar-refractivity contribution is 6.15. The van der Waals surface area contributed by atoms with Crippen LogP contribution in [0.4, 0.5) is 0 Å². The van der Waals surface area contributed by atoms with E-state index < -0.39 is 0 Å². The van der Waals surface area contributed by atoms with Gasteiger partial charge in [0.2, 0.25) is 0 Å². The van der Waals surface area contributed by atoms with Crippen LogP contribution in [0.3, 0.4) is 0 Å². The summed E-state index contributed by atoms with van der Waals surface area (Å²) in [7, 11) is 0. The molecule has 0 atom stereocenters. The summed E-state index contributed by atoms with van der Waals surface area (Å²) in [6.07, 6.45) is 7.51. The number of aromatic nitrogens is 4. The molecule has 11 rings (SSSR count). The van der Waals surface area contributed by atoms with Gasteiger partial charge in [0.05, 0.1) is 33.4 Å². The Morgan fingerprint density at radius 1 is 0.382 bits per heavy atom. The fraction of sp³-hybridized carbons (Fsp3) is 0.0800. The van der Waals surface area contributed by atoms with E-state index in [1.165, 1.54) is 65.9 Å². The zero-order valence-electron chi connectivity index (χ0n) is 31.1. The molecule has 5 heteroatoms. The Morgan fingerprint density at radius 3 is 1.04 bits per heavy atom. The van der Waals surface area contributed by atoms with Gasteiger partial charge in [-0.2, -0.15) is 0 Å². The molecule has 0 unspecified atom stereocenters. The number of furan rings is 1. The molecule has 0 fully saturated rings. The smallest absolute Gasteiger partial charge is 0.137 e. The van der Waals surface area contributed by atoms with Gasteiger partial charge < -0.3 is 13.6 Å². The molecule has 0 spiro atoms. The normalized spacial score (nSPS) is 12.0. The van der Waals surface area contributed by atoms with Crippen molar-refractivity contribution in [2.24, 2.45) is 0 Å². The molecular formula is C50H36N4O. The van der Waals surface area contributed by atoms with Crippen molar-refractivity contribution in [3.8, 4) is 33.6 Å². The molecular weight excluding hydrogens is 673 g/mol. The van der Waals surface area contributed by atoms with Crippen molar-refractivity contribution < 1.29 is 4.42 Å². The monoisotopic (exact) mass is 708 g/mol. The van der Waals surface area contributed by atoms with Crippen molar-refractivity contribution in [2.75, 3.05) is 0 Å². The number of aryl methyl sites for hydroxylation is 4. The fourth-order valence-electron chi connectivity index (χ4n) is 9.14. The van der Waals surface area contributed by atoms with Gasteiger partial charge in [-0.15, -0.1) is 0 Å². The molecule has 262 valence electrons. The van der Waals surface area contributed by atoms with Gasteiger partial charge in [0.15, 0.2) is 0 Å². The van der Waals surface area contributed by atoms with E-state index in [4.69, 9.17) is 4.42 Å².